The highest BCUT2D eigenvalue weighted by Crippen LogP contribution is 2.65. The number of benzene rings is 2. The summed E-state index contributed by atoms with van der Waals surface area (Å²) in [6.07, 6.45) is -11.9. The summed E-state index contributed by atoms with van der Waals surface area (Å²) in [4.78, 5) is 27.6. The van der Waals surface area contributed by atoms with Gasteiger partial charge in [-0.1, -0.05) is 48.5 Å². The van der Waals surface area contributed by atoms with Crippen LogP contribution in [0.3, 0.4) is 0 Å². The highest BCUT2D eigenvalue weighted by Gasteiger charge is 2.76. The molecule has 0 heterocycles. The summed E-state index contributed by atoms with van der Waals surface area (Å²) < 4.78 is 128. The van der Waals surface area contributed by atoms with Crippen molar-refractivity contribution in [2.75, 3.05) is 5.75 Å². The molecule has 4 saturated carbocycles. The smallest absolute Gasteiger partial charge is 0.438 e. The quantitative estimate of drug-likeness (QED) is 0.207. The van der Waals surface area contributed by atoms with Gasteiger partial charge in [0, 0.05) is 18.3 Å². The Morgan fingerprint density at radius 1 is 0.804 bits per heavy atom. The van der Waals surface area contributed by atoms with Crippen molar-refractivity contribution in [3.05, 3.63) is 70.8 Å². The first-order valence-corrected chi connectivity index (χ1v) is 16.6. The summed E-state index contributed by atoms with van der Waals surface area (Å²) >= 11 is 0. The molecule has 7 aliphatic rings. The van der Waals surface area contributed by atoms with Gasteiger partial charge in [-0.25, -0.2) is 8.42 Å². The van der Waals surface area contributed by atoms with Gasteiger partial charge in [0.1, 0.15) is 5.60 Å². The number of ether oxygens (including phenoxy) is 2. The summed E-state index contributed by atoms with van der Waals surface area (Å²) in [7, 11) is -6.17. The van der Waals surface area contributed by atoms with Crippen LogP contribution < -0.4 is 0 Å². The standard InChI is InChI=1S/C32H30F6O7S/c33-31(34,35)30(32(36,37)38,16-46(41,42)43)45-27(40)28-11-17-9-18(12-28)14-29(13-17,15-28)44-26(39)24-10-23-19-5-1-3-7-21(19)25(24)22-8-4-2-6-20(22)23/h1-8,17-18,23-25H,9-16H2,(H,41,42,43)/p-1. The summed E-state index contributed by atoms with van der Waals surface area (Å²) in [5.74, 6) is -7.15. The zero-order valence-electron chi connectivity index (χ0n) is 24.2. The topological polar surface area (TPSA) is 110 Å². The molecule has 0 radical (unpaired) electrons. The highest BCUT2D eigenvalue weighted by molar-refractivity contribution is 7.85. The van der Waals surface area contributed by atoms with Crippen LogP contribution in [0.25, 0.3) is 0 Å². The molecule has 3 atom stereocenters. The van der Waals surface area contributed by atoms with Crippen LogP contribution in [0.15, 0.2) is 48.5 Å². The molecular weight excluding hydrogens is 642 g/mol. The Balaban J connectivity index is 1.19. The molecule has 3 unspecified atom stereocenters. The average molecular weight is 672 g/mol. The summed E-state index contributed by atoms with van der Waals surface area (Å²) in [5.41, 5.74) is -4.53. The number of carbonyl (C=O) groups is 2. The molecule has 0 N–H and O–H groups in total. The maximum absolute atomic E-state index is 14.1. The second kappa shape index (κ2) is 9.94. The number of fused-ring (bicyclic) bond motifs is 1. The molecule has 248 valence electrons. The Bertz CT molecular complexity index is 1640. The lowest BCUT2D eigenvalue weighted by molar-refractivity contribution is -0.364. The van der Waals surface area contributed by atoms with Crippen molar-refractivity contribution in [1.82, 2.24) is 0 Å². The molecule has 0 aromatic heterocycles. The predicted octanol–water partition coefficient (Wildman–Crippen LogP) is 6.12. The van der Waals surface area contributed by atoms with E-state index in [4.69, 9.17) is 4.74 Å². The molecule has 0 aliphatic heterocycles. The van der Waals surface area contributed by atoms with E-state index in [9.17, 15) is 48.9 Å². The van der Waals surface area contributed by atoms with E-state index in [2.05, 4.69) is 4.74 Å². The first kappa shape index (κ1) is 31.5. The van der Waals surface area contributed by atoms with Gasteiger partial charge in [0.15, 0.2) is 0 Å². The molecule has 2 aromatic rings. The largest absolute Gasteiger partial charge is 0.748 e. The molecule has 0 spiro atoms. The Morgan fingerprint density at radius 2 is 1.30 bits per heavy atom. The van der Waals surface area contributed by atoms with Crippen molar-refractivity contribution in [2.24, 2.45) is 23.2 Å². The highest BCUT2D eigenvalue weighted by atomic mass is 32.2. The Morgan fingerprint density at radius 3 is 1.78 bits per heavy atom. The van der Waals surface area contributed by atoms with Gasteiger partial charge in [-0.3, -0.25) is 9.59 Å². The van der Waals surface area contributed by atoms with E-state index >= 15 is 0 Å². The van der Waals surface area contributed by atoms with E-state index in [1.165, 1.54) is 0 Å². The predicted molar refractivity (Wildman–Crippen MR) is 146 cm³/mol. The first-order valence-electron chi connectivity index (χ1n) is 15.1. The third kappa shape index (κ3) is 4.76. The molecule has 0 saturated heterocycles. The number of carbonyl (C=O) groups excluding carboxylic acids is 2. The Hall–Kier alpha value is -3.13. The van der Waals surface area contributed by atoms with Crippen LogP contribution >= 0.6 is 0 Å². The third-order valence-electron chi connectivity index (χ3n) is 10.9. The minimum absolute atomic E-state index is 0.0669. The van der Waals surface area contributed by atoms with E-state index in [1.54, 1.807) is 0 Å². The van der Waals surface area contributed by atoms with Crippen LogP contribution in [0.4, 0.5) is 26.3 Å². The average Bonchev–Trinajstić information content (AvgIpc) is 2.94. The van der Waals surface area contributed by atoms with Crippen LogP contribution in [0.1, 0.15) is 79.0 Å². The molecule has 9 rings (SSSR count). The van der Waals surface area contributed by atoms with Gasteiger partial charge in [-0.15, -0.1) is 0 Å². The fraction of sp³-hybridized carbons (Fsp3) is 0.562. The van der Waals surface area contributed by atoms with E-state index in [0.29, 0.717) is 12.8 Å². The second-order valence-corrected chi connectivity index (χ2v) is 15.3. The van der Waals surface area contributed by atoms with E-state index in [0.717, 1.165) is 22.3 Å². The fourth-order valence-electron chi connectivity index (χ4n) is 9.68. The lowest BCUT2D eigenvalue weighted by atomic mass is 9.47. The van der Waals surface area contributed by atoms with Crippen molar-refractivity contribution < 1.29 is 58.4 Å². The molecule has 0 amide bonds. The maximum Gasteiger partial charge on any atom is 0.438 e. The van der Waals surface area contributed by atoms with Gasteiger partial charge in [0.05, 0.1) is 27.2 Å². The summed E-state index contributed by atoms with van der Waals surface area (Å²) in [6.45, 7) is 0. The van der Waals surface area contributed by atoms with Gasteiger partial charge in [0.25, 0.3) is 0 Å². The summed E-state index contributed by atoms with van der Waals surface area (Å²) in [6, 6.07) is 15.6. The number of rotatable bonds is 6. The molecule has 14 heteroatoms. The second-order valence-electron chi connectivity index (χ2n) is 13.9. The van der Waals surface area contributed by atoms with Gasteiger partial charge in [0.2, 0.25) is 0 Å². The number of esters is 2. The van der Waals surface area contributed by atoms with Gasteiger partial charge in [-0.2, -0.15) is 26.3 Å². The minimum Gasteiger partial charge on any atom is -0.748 e. The number of alkyl halides is 6. The van der Waals surface area contributed by atoms with Crippen LogP contribution in [-0.2, 0) is 29.2 Å². The van der Waals surface area contributed by atoms with Gasteiger partial charge >= 0.3 is 29.9 Å². The SMILES string of the molecule is O=C(OC12CC3CC(C1)CC(C(=O)OC(CS(=O)(=O)[O-])(C(F)(F)F)C(F)(F)F)(C3)C2)C1CC2c3ccccc3C1c1ccccc12. The lowest BCUT2D eigenvalue weighted by Gasteiger charge is -2.60. The van der Waals surface area contributed by atoms with Crippen LogP contribution in [0, 0.1) is 23.2 Å². The van der Waals surface area contributed by atoms with Crippen LogP contribution in [0.5, 0.6) is 0 Å². The number of hydrogen-bond acceptors (Lipinski definition) is 7. The van der Waals surface area contributed by atoms with E-state index in [1.807, 2.05) is 48.5 Å². The number of halogens is 6. The Kier molecular flexibility index (Phi) is 6.80. The van der Waals surface area contributed by atoms with E-state index in [-0.39, 0.29) is 55.8 Å². The van der Waals surface area contributed by atoms with Crippen molar-refractivity contribution in [3.8, 4) is 0 Å². The third-order valence-corrected chi connectivity index (χ3v) is 11.7. The van der Waals surface area contributed by atoms with Crippen molar-refractivity contribution in [3.63, 3.8) is 0 Å². The first-order chi connectivity index (χ1) is 21.4. The molecule has 7 nitrogen and oxygen atoms in total. The normalized spacial score (nSPS) is 32.9. The van der Waals surface area contributed by atoms with Gasteiger partial charge < -0.3 is 14.0 Å². The molecule has 6 bridgehead atoms. The van der Waals surface area contributed by atoms with Crippen molar-refractivity contribution >= 4 is 22.1 Å². The fourth-order valence-corrected chi connectivity index (χ4v) is 10.6. The van der Waals surface area contributed by atoms with Crippen LogP contribution in [-0.4, -0.2) is 54.2 Å². The monoisotopic (exact) mass is 671 g/mol. The van der Waals surface area contributed by atoms with Crippen molar-refractivity contribution in [2.45, 2.75) is 80.3 Å². The Labute approximate surface area is 260 Å². The summed E-state index contributed by atoms with van der Waals surface area (Å²) in [5, 5.41) is 0. The maximum atomic E-state index is 14.1. The molecule has 46 heavy (non-hydrogen) atoms. The molecular formula is C32H29F6O7S-. The molecule has 7 aliphatic carbocycles. The zero-order valence-corrected chi connectivity index (χ0v) is 25.0. The van der Waals surface area contributed by atoms with Crippen molar-refractivity contribution in [1.29, 1.82) is 0 Å². The van der Waals surface area contributed by atoms with Crippen LogP contribution in [0.2, 0.25) is 0 Å². The molecule has 4 fully saturated rings. The minimum atomic E-state index is -6.46. The van der Waals surface area contributed by atoms with E-state index < -0.39 is 62.7 Å². The lowest BCUT2D eigenvalue weighted by Crippen LogP contribution is -2.66. The van der Waals surface area contributed by atoms with Gasteiger partial charge in [-0.05, 0) is 72.6 Å². The zero-order chi connectivity index (χ0) is 33.1. The number of hydrogen-bond donors (Lipinski definition) is 0. The molecule has 2 aromatic carbocycles.